The van der Waals surface area contributed by atoms with Gasteiger partial charge in [0.25, 0.3) is 0 Å². The number of hydrogen-bond acceptors (Lipinski definition) is 5. The van der Waals surface area contributed by atoms with Crippen LogP contribution in [0.25, 0.3) is 0 Å². The molecule has 0 spiro atoms. The van der Waals surface area contributed by atoms with Crippen LogP contribution in [0, 0.1) is 5.82 Å². The molecule has 5 nitrogen and oxygen atoms in total. The first kappa shape index (κ1) is 15.7. The highest BCUT2D eigenvalue weighted by molar-refractivity contribution is 5.85. The number of hydrogen-bond donors (Lipinski definition) is 1. The summed E-state index contributed by atoms with van der Waals surface area (Å²) in [7, 11) is 0. The van der Waals surface area contributed by atoms with Crippen LogP contribution >= 0.6 is 12.4 Å². The summed E-state index contributed by atoms with van der Waals surface area (Å²) in [5.74, 6) is 1.44. The molecule has 1 aromatic heterocycles. The lowest BCUT2D eigenvalue weighted by molar-refractivity contribution is 0.282. The second kappa shape index (κ2) is 6.87. The summed E-state index contributed by atoms with van der Waals surface area (Å²) < 4.78 is 23.7. The Labute approximate surface area is 128 Å². The number of benzene rings is 1. The van der Waals surface area contributed by atoms with Crippen LogP contribution in [0.3, 0.4) is 0 Å². The van der Waals surface area contributed by atoms with Crippen LogP contribution in [0.15, 0.2) is 28.8 Å². The second-order valence-corrected chi connectivity index (χ2v) is 5.06. The average molecular weight is 314 g/mol. The predicted molar refractivity (Wildman–Crippen MR) is 76.8 cm³/mol. The smallest absolute Gasteiger partial charge is 0.229 e. The molecule has 1 heterocycles. The van der Waals surface area contributed by atoms with E-state index in [9.17, 15) is 4.39 Å². The lowest BCUT2D eigenvalue weighted by atomic mass is 10.1. The van der Waals surface area contributed by atoms with Gasteiger partial charge in [0.05, 0.1) is 0 Å². The van der Waals surface area contributed by atoms with Crippen LogP contribution in [0.5, 0.6) is 5.75 Å². The number of aromatic nitrogens is 2. The van der Waals surface area contributed by atoms with Crippen molar-refractivity contribution in [3.63, 3.8) is 0 Å². The maximum Gasteiger partial charge on any atom is 0.229 e. The number of rotatable bonds is 4. The van der Waals surface area contributed by atoms with Crippen molar-refractivity contribution in [3.8, 4) is 5.75 Å². The Bertz CT molecular complexity index is 593. The van der Waals surface area contributed by atoms with Crippen LogP contribution < -0.4 is 10.5 Å². The van der Waals surface area contributed by atoms with Crippen molar-refractivity contribution < 1.29 is 13.7 Å². The van der Waals surface area contributed by atoms with Crippen molar-refractivity contribution >= 4 is 12.4 Å². The van der Waals surface area contributed by atoms with E-state index >= 15 is 0 Å². The van der Waals surface area contributed by atoms with Gasteiger partial charge in [-0.2, -0.15) is 4.98 Å². The molecule has 0 bridgehead atoms. The van der Waals surface area contributed by atoms with Gasteiger partial charge in [-0.3, -0.25) is 0 Å². The van der Waals surface area contributed by atoms with E-state index in [0.717, 1.165) is 19.3 Å². The zero-order chi connectivity index (χ0) is 13.9. The highest BCUT2D eigenvalue weighted by Gasteiger charge is 2.27. The van der Waals surface area contributed by atoms with Crippen molar-refractivity contribution in [2.45, 2.75) is 37.8 Å². The van der Waals surface area contributed by atoms with Crippen molar-refractivity contribution in [3.05, 3.63) is 41.8 Å². The summed E-state index contributed by atoms with van der Waals surface area (Å²) in [5, 5.41) is 3.88. The number of halogens is 2. The third kappa shape index (κ3) is 3.92. The SMILES string of the molecule is Cl.NC1CCC(c2nc(COc3cccc(F)c3)no2)C1. The average Bonchev–Trinajstić information content (AvgIpc) is 3.05. The Morgan fingerprint density at radius 3 is 2.95 bits per heavy atom. The first-order valence-corrected chi connectivity index (χ1v) is 6.67. The summed E-state index contributed by atoms with van der Waals surface area (Å²) in [6.45, 7) is 0.158. The first-order chi connectivity index (χ1) is 9.70. The molecule has 0 saturated heterocycles. The Kier molecular flexibility index (Phi) is 5.14. The predicted octanol–water partition coefficient (Wildman–Crippen LogP) is 2.80. The highest BCUT2D eigenvalue weighted by Crippen LogP contribution is 2.32. The minimum atomic E-state index is -0.337. The van der Waals surface area contributed by atoms with Crippen LogP contribution in [0.1, 0.15) is 36.9 Å². The fraction of sp³-hybridized carbons (Fsp3) is 0.429. The first-order valence-electron chi connectivity index (χ1n) is 6.67. The normalized spacial score (nSPS) is 21.0. The molecule has 2 N–H and O–H groups in total. The number of ether oxygens (including phenoxy) is 1. The second-order valence-electron chi connectivity index (χ2n) is 5.06. The summed E-state index contributed by atoms with van der Waals surface area (Å²) in [6, 6.07) is 6.17. The van der Waals surface area contributed by atoms with E-state index in [1.807, 2.05) is 0 Å². The molecule has 114 valence electrons. The van der Waals surface area contributed by atoms with Gasteiger partial charge in [0, 0.05) is 18.0 Å². The Balaban J connectivity index is 0.00000161. The van der Waals surface area contributed by atoms with Gasteiger partial charge in [0.2, 0.25) is 11.7 Å². The number of nitrogens with two attached hydrogens (primary N) is 1. The van der Waals surface area contributed by atoms with E-state index in [2.05, 4.69) is 10.1 Å². The van der Waals surface area contributed by atoms with Crippen molar-refractivity contribution in [2.75, 3.05) is 0 Å². The topological polar surface area (TPSA) is 74.2 Å². The standard InChI is InChI=1S/C14H16FN3O2.ClH/c15-10-2-1-3-12(7-10)19-8-13-17-14(20-18-13)9-4-5-11(16)6-9;/h1-3,7,9,11H,4-6,8,16H2;1H. The third-order valence-corrected chi connectivity index (χ3v) is 3.47. The molecule has 1 aliphatic rings. The maximum atomic E-state index is 13.0. The van der Waals surface area contributed by atoms with Crippen molar-refractivity contribution in [1.82, 2.24) is 10.1 Å². The third-order valence-electron chi connectivity index (χ3n) is 3.47. The number of nitrogens with zero attached hydrogens (tertiary/aromatic N) is 2. The summed E-state index contributed by atoms with van der Waals surface area (Å²) in [4.78, 5) is 4.31. The van der Waals surface area contributed by atoms with Gasteiger partial charge >= 0.3 is 0 Å². The highest BCUT2D eigenvalue weighted by atomic mass is 35.5. The van der Waals surface area contributed by atoms with Gasteiger partial charge in [-0.25, -0.2) is 4.39 Å². The molecular formula is C14H17ClFN3O2. The molecule has 2 aromatic rings. The fourth-order valence-electron chi connectivity index (χ4n) is 2.44. The van der Waals surface area contributed by atoms with Crippen LogP contribution in [-0.2, 0) is 6.61 Å². The van der Waals surface area contributed by atoms with E-state index in [0.29, 0.717) is 17.5 Å². The van der Waals surface area contributed by atoms with Gasteiger partial charge in [0.15, 0.2) is 6.61 Å². The van der Waals surface area contributed by atoms with E-state index < -0.39 is 0 Å². The fourth-order valence-corrected chi connectivity index (χ4v) is 2.44. The summed E-state index contributed by atoms with van der Waals surface area (Å²) in [5.41, 5.74) is 5.87. The van der Waals surface area contributed by atoms with Crippen molar-refractivity contribution in [2.24, 2.45) is 5.73 Å². The summed E-state index contributed by atoms with van der Waals surface area (Å²) in [6.07, 6.45) is 2.85. The minimum absolute atomic E-state index is 0. The molecule has 0 aliphatic heterocycles. The quantitative estimate of drug-likeness (QED) is 0.939. The maximum absolute atomic E-state index is 13.0. The van der Waals surface area contributed by atoms with Crippen LogP contribution in [-0.4, -0.2) is 16.2 Å². The van der Waals surface area contributed by atoms with Gasteiger partial charge in [-0.05, 0) is 31.4 Å². The molecular weight excluding hydrogens is 297 g/mol. The molecule has 3 rings (SSSR count). The molecule has 2 unspecified atom stereocenters. The Hall–Kier alpha value is -1.66. The van der Waals surface area contributed by atoms with E-state index in [1.54, 1.807) is 12.1 Å². The van der Waals surface area contributed by atoms with E-state index in [4.69, 9.17) is 15.0 Å². The molecule has 2 atom stereocenters. The summed E-state index contributed by atoms with van der Waals surface area (Å²) >= 11 is 0. The van der Waals surface area contributed by atoms with Crippen LogP contribution in [0.4, 0.5) is 4.39 Å². The van der Waals surface area contributed by atoms with Gasteiger partial charge in [-0.1, -0.05) is 11.2 Å². The van der Waals surface area contributed by atoms with E-state index in [-0.39, 0.29) is 36.8 Å². The lowest BCUT2D eigenvalue weighted by Gasteiger charge is -2.03. The monoisotopic (exact) mass is 313 g/mol. The lowest BCUT2D eigenvalue weighted by Crippen LogP contribution is -2.14. The Morgan fingerprint density at radius 1 is 1.38 bits per heavy atom. The van der Waals surface area contributed by atoms with Crippen molar-refractivity contribution in [1.29, 1.82) is 0 Å². The zero-order valence-corrected chi connectivity index (χ0v) is 12.2. The molecule has 7 heteroatoms. The van der Waals surface area contributed by atoms with E-state index in [1.165, 1.54) is 12.1 Å². The van der Waals surface area contributed by atoms with Crippen LogP contribution in [0.2, 0.25) is 0 Å². The largest absolute Gasteiger partial charge is 0.485 e. The molecule has 0 amide bonds. The molecule has 1 aliphatic carbocycles. The molecule has 1 aromatic carbocycles. The molecule has 21 heavy (non-hydrogen) atoms. The minimum Gasteiger partial charge on any atom is -0.485 e. The van der Waals surface area contributed by atoms with Gasteiger partial charge in [0.1, 0.15) is 11.6 Å². The molecule has 1 fully saturated rings. The van der Waals surface area contributed by atoms with Gasteiger partial charge in [-0.15, -0.1) is 12.4 Å². The molecule has 0 radical (unpaired) electrons. The van der Waals surface area contributed by atoms with Gasteiger partial charge < -0.3 is 15.0 Å². The molecule has 1 saturated carbocycles. The Morgan fingerprint density at radius 2 is 2.24 bits per heavy atom. The zero-order valence-electron chi connectivity index (χ0n) is 11.4.